The number of hydrogen-bond acceptors (Lipinski definition) is 10. The van der Waals surface area contributed by atoms with E-state index in [1.54, 1.807) is 6.92 Å². The molecule has 0 aromatic heterocycles. The molecule has 0 radical (unpaired) electrons. The molecule has 0 aliphatic carbocycles. The van der Waals surface area contributed by atoms with E-state index in [2.05, 4.69) is 4.74 Å². The van der Waals surface area contributed by atoms with Crippen molar-refractivity contribution >= 4 is 36.0 Å². The standard InChI is InChI=1S/C13H18F9N3O9S3/c1-2-5-24(8-3-7-34-9(8)26)6-4-23-35(28,29)11(16,17)10(14,15)12(18,19)36(30,31)25(27)37(32,33)13(20,21)22/h8,23,27H,2-7H2,1H3. The van der Waals surface area contributed by atoms with Gasteiger partial charge in [-0.25, -0.2) is 21.6 Å². The van der Waals surface area contributed by atoms with E-state index in [0.717, 1.165) is 4.72 Å². The molecule has 1 atom stereocenters. The molecule has 1 aliphatic rings. The summed E-state index contributed by atoms with van der Waals surface area (Å²) in [5, 5.41) is -6.11. The number of carbonyl (C=O) groups is 1. The van der Waals surface area contributed by atoms with Crippen molar-refractivity contribution in [3.8, 4) is 0 Å². The third-order valence-electron chi connectivity index (χ3n) is 4.65. The molecule has 2 N–H and O–H groups in total. The van der Waals surface area contributed by atoms with Gasteiger partial charge in [0, 0.05) is 23.4 Å². The lowest BCUT2D eigenvalue weighted by Crippen LogP contribution is -2.65. The molecule has 1 saturated heterocycles. The molecule has 1 heterocycles. The summed E-state index contributed by atoms with van der Waals surface area (Å²) in [5.41, 5.74) is -6.90. The predicted octanol–water partition coefficient (Wildman–Crippen LogP) is 0.625. The maximum Gasteiger partial charge on any atom is 0.514 e. The molecule has 0 amide bonds. The van der Waals surface area contributed by atoms with Crippen molar-refractivity contribution < 1.29 is 79.5 Å². The van der Waals surface area contributed by atoms with Crippen LogP contribution < -0.4 is 4.72 Å². The quantitative estimate of drug-likeness (QED) is 0.168. The third-order valence-corrected chi connectivity index (χ3v) is 9.65. The molecule has 0 spiro atoms. The number of nitrogens with one attached hydrogen (secondary N) is 1. The second-order valence-electron chi connectivity index (χ2n) is 7.15. The van der Waals surface area contributed by atoms with Gasteiger partial charge in [-0.05, 0) is 13.0 Å². The third kappa shape index (κ3) is 5.78. The molecule has 0 saturated carbocycles. The Hall–Kier alpha value is -1.47. The van der Waals surface area contributed by atoms with Gasteiger partial charge in [0.15, 0.2) is 0 Å². The van der Waals surface area contributed by atoms with E-state index in [4.69, 9.17) is 5.21 Å². The summed E-state index contributed by atoms with van der Waals surface area (Å²) >= 11 is 0. The van der Waals surface area contributed by atoms with E-state index in [0.29, 0.717) is 6.42 Å². The van der Waals surface area contributed by atoms with Crippen LogP contribution in [0.4, 0.5) is 39.5 Å². The Bertz CT molecular complexity index is 1170. The number of carbonyl (C=O) groups excluding carboxylic acids is 1. The number of nitrogens with zero attached hydrogens (tertiary/aromatic N) is 2. The zero-order valence-corrected chi connectivity index (χ0v) is 20.5. The second-order valence-corrected chi connectivity index (χ2v) is 12.8. The number of alkyl halides is 9. The van der Waals surface area contributed by atoms with Gasteiger partial charge in [0.25, 0.3) is 10.0 Å². The van der Waals surface area contributed by atoms with Gasteiger partial charge in [-0.3, -0.25) is 14.9 Å². The first-order valence-corrected chi connectivity index (χ1v) is 13.8. The Labute approximate surface area is 203 Å². The average Bonchev–Trinajstić information content (AvgIpc) is 3.16. The lowest BCUT2D eigenvalue weighted by molar-refractivity contribution is -0.246. The summed E-state index contributed by atoms with van der Waals surface area (Å²) in [6, 6.07) is -0.994. The normalized spacial score (nSPS) is 19.1. The number of halogens is 9. The predicted molar refractivity (Wildman–Crippen MR) is 101 cm³/mol. The summed E-state index contributed by atoms with van der Waals surface area (Å²) < 4.78 is 191. The molecule has 12 nitrogen and oxygen atoms in total. The van der Waals surface area contributed by atoms with E-state index < -0.39 is 81.0 Å². The molecule has 1 fully saturated rings. The van der Waals surface area contributed by atoms with Gasteiger partial charge in [0.05, 0.1) is 6.61 Å². The molecule has 220 valence electrons. The molecular weight excluding hydrogens is 609 g/mol. The van der Waals surface area contributed by atoms with Crippen molar-refractivity contribution in [2.45, 2.75) is 47.7 Å². The lowest BCUT2D eigenvalue weighted by Gasteiger charge is -2.33. The van der Waals surface area contributed by atoms with Gasteiger partial charge in [-0.1, -0.05) is 6.92 Å². The van der Waals surface area contributed by atoms with Crippen LogP contribution in [-0.2, 0) is 39.6 Å². The van der Waals surface area contributed by atoms with Crippen molar-refractivity contribution in [3.63, 3.8) is 0 Å². The maximum atomic E-state index is 14.1. The first-order valence-electron chi connectivity index (χ1n) is 9.43. The average molecular weight is 627 g/mol. The Morgan fingerprint density at radius 2 is 1.43 bits per heavy atom. The van der Waals surface area contributed by atoms with Gasteiger partial charge < -0.3 is 4.74 Å². The summed E-state index contributed by atoms with van der Waals surface area (Å²) in [4.78, 5) is 12.8. The SMILES string of the molecule is CCCN(CCNS(=O)(=O)C(F)(F)C(F)(F)C(F)(F)S(=O)(=O)N(O)S(=O)(=O)C(F)(F)F)C1CCOC1=O. The number of sulfonamides is 3. The summed E-state index contributed by atoms with van der Waals surface area (Å²) in [6.07, 6.45) is 0.371. The minimum Gasteiger partial charge on any atom is -0.464 e. The Morgan fingerprint density at radius 1 is 0.919 bits per heavy atom. The Kier molecular flexibility index (Phi) is 9.61. The van der Waals surface area contributed by atoms with Crippen LogP contribution in [-0.4, -0.2) is 99.4 Å². The number of rotatable bonds is 13. The highest BCUT2D eigenvalue weighted by Gasteiger charge is 2.83. The molecule has 0 aromatic rings. The monoisotopic (exact) mass is 627 g/mol. The molecule has 24 heteroatoms. The van der Waals surface area contributed by atoms with E-state index in [-0.39, 0.29) is 19.6 Å². The van der Waals surface area contributed by atoms with Crippen molar-refractivity contribution in [2.24, 2.45) is 0 Å². The molecule has 1 unspecified atom stereocenters. The van der Waals surface area contributed by atoms with Crippen molar-refractivity contribution in [1.29, 1.82) is 0 Å². The van der Waals surface area contributed by atoms with E-state index >= 15 is 0 Å². The van der Waals surface area contributed by atoms with E-state index in [1.165, 1.54) is 4.90 Å². The first kappa shape index (κ1) is 33.6. The van der Waals surface area contributed by atoms with Gasteiger partial charge in [-0.2, -0.15) is 47.9 Å². The minimum absolute atomic E-state index is 0.0182. The molecule has 0 bridgehead atoms. The number of cyclic esters (lactones) is 1. The molecule has 1 aliphatic heterocycles. The summed E-state index contributed by atoms with van der Waals surface area (Å²) in [5.74, 6) is -8.45. The van der Waals surface area contributed by atoms with Crippen LogP contribution in [0.15, 0.2) is 0 Å². The Morgan fingerprint density at radius 3 is 1.84 bits per heavy atom. The van der Waals surface area contributed by atoms with E-state index in [1.807, 2.05) is 0 Å². The fourth-order valence-corrected chi connectivity index (χ4v) is 6.22. The molecule has 37 heavy (non-hydrogen) atoms. The molecule has 0 aromatic carbocycles. The van der Waals surface area contributed by atoms with Crippen molar-refractivity contribution in [3.05, 3.63) is 0 Å². The van der Waals surface area contributed by atoms with Crippen LogP contribution in [0.5, 0.6) is 0 Å². The number of esters is 1. The fourth-order valence-electron chi connectivity index (χ4n) is 2.76. The highest BCUT2D eigenvalue weighted by Crippen LogP contribution is 2.51. The fraction of sp³-hybridized carbons (Fsp3) is 0.923. The topological polar surface area (TPSA) is 167 Å². The Balaban J connectivity index is 3.27. The minimum atomic E-state index is -8.27. The van der Waals surface area contributed by atoms with Crippen LogP contribution in [0, 0.1) is 0 Å². The van der Waals surface area contributed by atoms with Gasteiger partial charge in [0.2, 0.25) is 0 Å². The van der Waals surface area contributed by atoms with Crippen LogP contribution in [0.1, 0.15) is 19.8 Å². The first-order chi connectivity index (χ1) is 16.3. The van der Waals surface area contributed by atoms with Crippen molar-refractivity contribution in [2.75, 3.05) is 26.2 Å². The largest absolute Gasteiger partial charge is 0.514 e. The van der Waals surface area contributed by atoms with Gasteiger partial charge in [-0.15, -0.1) is 0 Å². The molecular formula is C13H18F9N3O9S3. The van der Waals surface area contributed by atoms with Crippen LogP contribution >= 0.6 is 0 Å². The highest BCUT2D eigenvalue weighted by atomic mass is 32.3. The number of hydrogen-bond donors (Lipinski definition) is 2. The second kappa shape index (κ2) is 10.6. The zero-order chi connectivity index (χ0) is 29.5. The summed E-state index contributed by atoms with van der Waals surface area (Å²) in [7, 11) is -23.0. The highest BCUT2D eigenvalue weighted by molar-refractivity contribution is 8.04. The summed E-state index contributed by atoms with van der Waals surface area (Å²) in [6.45, 7) is -0.375. The smallest absolute Gasteiger partial charge is 0.464 e. The number of ether oxygens (including phenoxy) is 1. The lowest BCUT2D eigenvalue weighted by atomic mass is 10.2. The van der Waals surface area contributed by atoms with Gasteiger partial charge in [0.1, 0.15) is 6.04 Å². The van der Waals surface area contributed by atoms with Crippen LogP contribution in [0.25, 0.3) is 0 Å². The van der Waals surface area contributed by atoms with Gasteiger partial charge >= 0.3 is 48.0 Å². The van der Waals surface area contributed by atoms with E-state index in [9.17, 15) is 69.6 Å². The van der Waals surface area contributed by atoms with Crippen LogP contribution in [0.2, 0.25) is 0 Å². The molecule has 1 rings (SSSR count). The van der Waals surface area contributed by atoms with Crippen LogP contribution in [0.3, 0.4) is 0 Å². The maximum absolute atomic E-state index is 14.1. The van der Waals surface area contributed by atoms with Crippen molar-refractivity contribution in [1.82, 2.24) is 13.5 Å². The zero-order valence-electron chi connectivity index (χ0n) is 18.1.